The smallest absolute Gasteiger partial charge is 0.308 e. The molecule has 0 amide bonds. The molecule has 0 aromatic heterocycles. The summed E-state index contributed by atoms with van der Waals surface area (Å²) in [7, 11) is 0. The van der Waals surface area contributed by atoms with Crippen LogP contribution < -0.4 is 0 Å². The summed E-state index contributed by atoms with van der Waals surface area (Å²) in [6, 6.07) is 0. The van der Waals surface area contributed by atoms with Gasteiger partial charge in [0.1, 0.15) is 6.10 Å². The fraction of sp³-hybridized carbons (Fsp3) is 0.650. The highest BCUT2D eigenvalue weighted by atomic mass is 16.5. The summed E-state index contributed by atoms with van der Waals surface area (Å²) in [5, 5.41) is 0. The average Bonchev–Trinajstić information content (AvgIpc) is 2.85. The van der Waals surface area contributed by atoms with Gasteiger partial charge in [-0.15, -0.1) is 0 Å². The Morgan fingerprint density at radius 1 is 1.43 bits per heavy atom. The third-order valence-electron chi connectivity index (χ3n) is 4.97. The van der Waals surface area contributed by atoms with E-state index < -0.39 is 0 Å². The molecule has 0 bridgehead atoms. The van der Waals surface area contributed by atoms with Crippen LogP contribution in [-0.4, -0.2) is 24.8 Å². The molecule has 0 aromatic rings. The Kier molecular flexibility index (Phi) is 6.23. The van der Waals surface area contributed by atoms with Gasteiger partial charge in [0.2, 0.25) is 0 Å². The van der Waals surface area contributed by atoms with E-state index in [1.807, 2.05) is 13.8 Å². The van der Waals surface area contributed by atoms with E-state index in [0.717, 1.165) is 31.3 Å². The second kappa shape index (κ2) is 7.96. The maximum atomic E-state index is 12.3. The van der Waals surface area contributed by atoms with Crippen molar-refractivity contribution in [2.45, 2.75) is 65.6 Å². The van der Waals surface area contributed by atoms with Crippen molar-refractivity contribution < 1.29 is 14.3 Å². The molecule has 4 atom stereocenters. The second-order valence-corrected chi connectivity index (χ2v) is 7.05. The fourth-order valence-corrected chi connectivity index (χ4v) is 3.25. The fourth-order valence-electron chi connectivity index (χ4n) is 3.25. The van der Waals surface area contributed by atoms with Crippen LogP contribution in [0.2, 0.25) is 0 Å². The Morgan fingerprint density at radius 3 is 2.87 bits per heavy atom. The average molecular weight is 318 g/mol. The molecule has 0 saturated carbocycles. The zero-order valence-electron chi connectivity index (χ0n) is 14.9. The van der Waals surface area contributed by atoms with Crippen LogP contribution in [0.25, 0.3) is 0 Å². The summed E-state index contributed by atoms with van der Waals surface area (Å²) >= 11 is 0. The van der Waals surface area contributed by atoms with Crippen LogP contribution in [0.4, 0.5) is 0 Å². The largest absolute Gasteiger partial charge is 0.461 e. The van der Waals surface area contributed by atoms with Crippen molar-refractivity contribution in [3.05, 3.63) is 35.5 Å². The first-order valence-electron chi connectivity index (χ1n) is 8.75. The van der Waals surface area contributed by atoms with Gasteiger partial charge in [-0.1, -0.05) is 43.7 Å². The normalized spacial score (nSPS) is 30.1. The molecule has 0 spiro atoms. The first-order valence-corrected chi connectivity index (χ1v) is 8.75. The maximum absolute atomic E-state index is 12.3. The van der Waals surface area contributed by atoms with Crippen LogP contribution in [0, 0.1) is 11.8 Å². The van der Waals surface area contributed by atoms with Crippen LogP contribution in [0.3, 0.4) is 0 Å². The predicted octanol–water partition coefficient (Wildman–Crippen LogP) is 4.59. The Morgan fingerprint density at radius 2 is 2.17 bits per heavy atom. The first kappa shape index (κ1) is 18.0. The topological polar surface area (TPSA) is 35.5 Å². The molecular formula is C20H30O3. The van der Waals surface area contributed by atoms with Crippen LogP contribution >= 0.6 is 0 Å². The third kappa shape index (κ3) is 4.57. The van der Waals surface area contributed by atoms with Gasteiger partial charge >= 0.3 is 5.97 Å². The number of ether oxygens (including phenoxy) is 2. The minimum atomic E-state index is -0.185. The summed E-state index contributed by atoms with van der Waals surface area (Å²) < 4.78 is 11.8. The van der Waals surface area contributed by atoms with Crippen molar-refractivity contribution in [1.82, 2.24) is 0 Å². The van der Waals surface area contributed by atoms with Gasteiger partial charge < -0.3 is 9.47 Å². The highest BCUT2D eigenvalue weighted by Gasteiger charge is 2.39. The van der Waals surface area contributed by atoms with E-state index in [1.54, 1.807) is 0 Å². The first-order chi connectivity index (χ1) is 10.9. The van der Waals surface area contributed by atoms with Crippen LogP contribution in [0.1, 0.15) is 53.4 Å². The lowest BCUT2D eigenvalue weighted by atomic mass is 9.85. The number of hydrogen-bond acceptors (Lipinski definition) is 3. The highest BCUT2D eigenvalue weighted by Crippen LogP contribution is 2.35. The molecular weight excluding hydrogens is 288 g/mol. The Hall–Kier alpha value is -1.35. The van der Waals surface area contributed by atoms with Crippen molar-refractivity contribution in [3.63, 3.8) is 0 Å². The second-order valence-electron chi connectivity index (χ2n) is 7.05. The van der Waals surface area contributed by atoms with Gasteiger partial charge in [-0.2, -0.15) is 0 Å². The van der Waals surface area contributed by atoms with E-state index in [2.05, 4.69) is 32.6 Å². The molecule has 2 rings (SSSR count). The van der Waals surface area contributed by atoms with Crippen molar-refractivity contribution in [1.29, 1.82) is 0 Å². The number of allylic oxidation sites excluding steroid dienone is 2. The summed E-state index contributed by atoms with van der Waals surface area (Å²) in [6.07, 6.45) is 7.88. The Balaban J connectivity index is 2.28. The number of esters is 1. The molecule has 1 saturated heterocycles. The number of carbonyl (C=O) groups excluding carboxylic acids is 1. The molecule has 3 nitrogen and oxygen atoms in total. The van der Waals surface area contributed by atoms with Crippen molar-refractivity contribution in [2.75, 3.05) is 6.61 Å². The van der Waals surface area contributed by atoms with Gasteiger partial charge in [0, 0.05) is 12.3 Å². The van der Waals surface area contributed by atoms with E-state index >= 15 is 0 Å². The maximum Gasteiger partial charge on any atom is 0.308 e. The molecule has 0 radical (unpaired) electrons. The van der Waals surface area contributed by atoms with E-state index in [0.29, 0.717) is 6.61 Å². The zero-order valence-corrected chi connectivity index (χ0v) is 14.9. The van der Waals surface area contributed by atoms with Gasteiger partial charge in [-0.05, 0) is 38.7 Å². The summed E-state index contributed by atoms with van der Waals surface area (Å²) in [6.45, 7) is 12.9. The van der Waals surface area contributed by atoms with E-state index in [-0.39, 0.29) is 30.0 Å². The van der Waals surface area contributed by atoms with Crippen molar-refractivity contribution >= 4 is 5.97 Å². The number of carbonyl (C=O) groups is 1. The lowest BCUT2D eigenvalue weighted by Gasteiger charge is -2.29. The minimum absolute atomic E-state index is 0.0249. The monoisotopic (exact) mass is 318 g/mol. The molecule has 4 unspecified atom stereocenters. The standard InChI is InChI=1S/C20H30O3/c1-6-15(4)20(21)23-18-11-14(3)9-7-8-13(2)10-17-19(18)16(5)12-22-17/h9-10,15,17-19H,5-8,11-12H2,1-4H3. The van der Waals surface area contributed by atoms with E-state index in [9.17, 15) is 4.79 Å². The van der Waals surface area contributed by atoms with E-state index in [4.69, 9.17) is 9.47 Å². The Labute approximate surface area is 140 Å². The molecule has 1 fully saturated rings. The molecule has 3 heteroatoms. The molecule has 0 N–H and O–H groups in total. The molecule has 128 valence electrons. The van der Waals surface area contributed by atoms with Crippen molar-refractivity contribution in [2.24, 2.45) is 11.8 Å². The molecule has 23 heavy (non-hydrogen) atoms. The number of hydrogen-bond donors (Lipinski definition) is 0. The molecule has 2 aliphatic rings. The van der Waals surface area contributed by atoms with Crippen LogP contribution in [0.5, 0.6) is 0 Å². The SMILES string of the molecule is C=C1COC2C=C(C)CCC=C(C)CC(OC(=O)C(C)CC)C12. The highest BCUT2D eigenvalue weighted by molar-refractivity contribution is 5.72. The summed E-state index contributed by atoms with van der Waals surface area (Å²) in [5.74, 6) is -0.123. The van der Waals surface area contributed by atoms with Gasteiger partial charge in [0.25, 0.3) is 0 Å². The van der Waals surface area contributed by atoms with Gasteiger partial charge in [0.05, 0.1) is 18.6 Å². The third-order valence-corrected chi connectivity index (χ3v) is 4.97. The molecule has 1 heterocycles. The van der Waals surface area contributed by atoms with Crippen LogP contribution in [-0.2, 0) is 14.3 Å². The molecule has 1 aliphatic carbocycles. The van der Waals surface area contributed by atoms with E-state index in [1.165, 1.54) is 11.1 Å². The summed E-state index contributed by atoms with van der Waals surface area (Å²) in [5.41, 5.74) is 3.64. The van der Waals surface area contributed by atoms with Crippen molar-refractivity contribution in [3.8, 4) is 0 Å². The summed E-state index contributed by atoms with van der Waals surface area (Å²) in [4.78, 5) is 12.3. The Bertz CT molecular complexity index is 515. The lowest BCUT2D eigenvalue weighted by Crippen LogP contribution is -2.34. The number of fused-ring (bicyclic) bond motifs is 1. The molecule has 0 aromatic carbocycles. The number of rotatable bonds is 3. The van der Waals surface area contributed by atoms with Gasteiger partial charge in [0.15, 0.2) is 0 Å². The quantitative estimate of drug-likeness (QED) is 0.564. The van der Waals surface area contributed by atoms with Crippen LogP contribution in [0.15, 0.2) is 35.5 Å². The van der Waals surface area contributed by atoms with Gasteiger partial charge in [-0.25, -0.2) is 0 Å². The lowest BCUT2D eigenvalue weighted by molar-refractivity contribution is -0.156. The minimum Gasteiger partial charge on any atom is -0.461 e. The molecule has 1 aliphatic heterocycles. The predicted molar refractivity (Wildman–Crippen MR) is 93.1 cm³/mol. The van der Waals surface area contributed by atoms with Gasteiger partial charge in [-0.3, -0.25) is 4.79 Å². The zero-order chi connectivity index (χ0) is 17.0.